The highest BCUT2D eigenvalue weighted by Crippen LogP contribution is 2.33. The molecule has 0 amide bonds. The lowest BCUT2D eigenvalue weighted by Gasteiger charge is -2.14. The first-order chi connectivity index (χ1) is 8.22. The molecule has 0 heterocycles. The molecular weight excluding hydrogens is 214 g/mol. The van der Waals surface area contributed by atoms with Crippen LogP contribution in [0.15, 0.2) is 29.1 Å². The minimum atomic E-state index is 0.180. The van der Waals surface area contributed by atoms with E-state index in [0.717, 1.165) is 35.7 Å². The maximum atomic E-state index is 11.8. The molecule has 0 N–H and O–H groups in total. The Bertz CT molecular complexity index is 502. The zero-order valence-corrected chi connectivity index (χ0v) is 10.5. The molecule has 3 heteroatoms. The number of hydrogen-bond acceptors (Lipinski definition) is 3. The zero-order chi connectivity index (χ0) is 12.4. The summed E-state index contributed by atoms with van der Waals surface area (Å²) in [5, 5.41) is 0. The summed E-state index contributed by atoms with van der Waals surface area (Å²) >= 11 is 0. The second kappa shape index (κ2) is 4.62. The van der Waals surface area contributed by atoms with Gasteiger partial charge in [0.1, 0.15) is 5.75 Å². The third-order valence-corrected chi connectivity index (χ3v) is 3.07. The average molecular weight is 231 g/mol. The Kier molecular flexibility index (Phi) is 3.18. The molecule has 0 aliphatic carbocycles. The first-order valence-corrected chi connectivity index (χ1v) is 5.91. The average Bonchev–Trinajstić information content (AvgIpc) is 3.03. The van der Waals surface area contributed by atoms with E-state index in [2.05, 4.69) is 18.7 Å². The molecule has 0 aliphatic heterocycles. The predicted octanol–water partition coefficient (Wildman–Crippen LogP) is 2.44. The lowest BCUT2D eigenvalue weighted by molar-refractivity contribution is 0.415. The molecule has 0 fully saturated rings. The van der Waals surface area contributed by atoms with Gasteiger partial charge in [-0.05, 0) is 31.5 Å². The smallest absolute Gasteiger partial charge is 0.212 e. The van der Waals surface area contributed by atoms with E-state index in [1.165, 1.54) is 0 Å². The number of benzene rings is 1. The molecule has 90 valence electrons. The number of hydrogen-bond donors (Lipinski definition) is 0. The molecular formula is C14H17NO2. The minimum Gasteiger partial charge on any atom is -0.497 e. The van der Waals surface area contributed by atoms with Gasteiger partial charge in [0.05, 0.1) is 18.4 Å². The molecule has 0 atom stereocenters. The molecule has 3 nitrogen and oxygen atoms in total. The van der Waals surface area contributed by atoms with Gasteiger partial charge < -0.3 is 9.64 Å². The third kappa shape index (κ3) is 2.05. The summed E-state index contributed by atoms with van der Waals surface area (Å²) in [5.41, 5.74) is 2.90. The highest BCUT2D eigenvalue weighted by molar-refractivity contribution is 5.90. The molecule has 0 radical (unpaired) electrons. The van der Waals surface area contributed by atoms with Gasteiger partial charge in [0.15, 0.2) is 0 Å². The van der Waals surface area contributed by atoms with E-state index >= 15 is 0 Å². The monoisotopic (exact) mass is 231 g/mol. The number of methoxy groups -OCH3 is 1. The maximum absolute atomic E-state index is 11.8. The molecule has 0 aromatic heterocycles. The summed E-state index contributed by atoms with van der Waals surface area (Å²) in [6, 6.07) is 7.63. The van der Waals surface area contributed by atoms with Crippen molar-refractivity contribution in [1.29, 1.82) is 0 Å². The van der Waals surface area contributed by atoms with E-state index in [-0.39, 0.29) is 5.43 Å². The van der Waals surface area contributed by atoms with Gasteiger partial charge in [0.2, 0.25) is 5.43 Å². The fraction of sp³-hybridized carbons (Fsp3) is 0.357. The summed E-state index contributed by atoms with van der Waals surface area (Å²) in [5.74, 6) is 0.812. The van der Waals surface area contributed by atoms with Crippen molar-refractivity contribution >= 4 is 5.69 Å². The Hall–Kier alpha value is -1.77. The molecule has 0 saturated carbocycles. The van der Waals surface area contributed by atoms with Crippen molar-refractivity contribution in [1.82, 2.24) is 0 Å². The van der Waals surface area contributed by atoms with Crippen molar-refractivity contribution in [2.24, 2.45) is 0 Å². The van der Waals surface area contributed by atoms with Crippen molar-refractivity contribution in [3.05, 3.63) is 34.5 Å². The van der Waals surface area contributed by atoms with Crippen LogP contribution in [0.3, 0.4) is 0 Å². The second-order valence-electron chi connectivity index (χ2n) is 3.95. The van der Waals surface area contributed by atoms with Gasteiger partial charge in [0, 0.05) is 13.1 Å². The molecule has 2 aromatic rings. The molecule has 0 saturated heterocycles. The van der Waals surface area contributed by atoms with Crippen LogP contribution in [0.5, 0.6) is 5.75 Å². The SMILES string of the molecule is CCN(CC)c1c(-c2ccc(OC)cc2)c1=O. The van der Waals surface area contributed by atoms with Crippen LogP contribution < -0.4 is 15.1 Å². The van der Waals surface area contributed by atoms with Gasteiger partial charge >= 0.3 is 0 Å². The van der Waals surface area contributed by atoms with Crippen LogP contribution in [-0.4, -0.2) is 20.2 Å². The van der Waals surface area contributed by atoms with Gasteiger partial charge in [-0.3, -0.25) is 4.79 Å². The van der Waals surface area contributed by atoms with E-state index in [1.54, 1.807) is 7.11 Å². The Balaban J connectivity index is 2.26. The largest absolute Gasteiger partial charge is 0.497 e. The van der Waals surface area contributed by atoms with Gasteiger partial charge in [0.25, 0.3) is 0 Å². The van der Waals surface area contributed by atoms with Crippen molar-refractivity contribution in [3.63, 3.8) is 0 Å². The molecule has 0 aliphatic rings. The fourth-order valence-corrected chi connectivity index (χ4v) is 2.03. The first-order valence-electron chi connectivity index (χ1n) is 5.91. The van der Waals surface area contributed by atoms with Crippen molar-refractivity contribution in [3.8, 4) is 16.9 Å². The highest BCUT2D eigenvalue weighted by atomic mass is 16.5. The standard InChI is InChI=1S/C14H17NO2/c1-4-15(5-2)13-12(14(13)16)10-6-8-11(17-3)9-7-10/h6-9H,4-5H2,1-3H3. The van der Waals surface area contributed by atoms with E-state index in [0.29, 0.717) is 0 Å². The van der Waals surface area contributed by atoms with Gasteiger partial charge in [-0.25, -0.2) is 0 Å². The number of nitrogens with zero attached hydrogens (tertiary/aromatic N) is 1. The van der Waals surface area contributed by atoms with Crippen LogP contribution in [-0.2, 0) is 0 Å². The van der Waals surface area contributed by atoms with Gasteiger partial charge in [-0.2, -0.15) is 0 Å². The summed E-state index contributed by atoms with van der Waals surface area (Å²) in [4.78, 5) is 13.9. The van der Waals surface area contributed by atoms with Crippen molar-refractivity contribution in [2.75, 3.05) is 25.1 Å². The van der Waals surface area contributed by atoms with Crippen molar-refractivity contribution < 1.29 is 4.74 Å². The van der Waals surface area contributed by atoms with Crippen LogP contribution in [0.4, 0.5) is 5.69 Å². The van der Waals surface area contributed by atoms with E-state index in [9.17, 15) is 4.79 Å². The van der Waals surface area contributed by atoms with E-state index in [1.807, 2.05) is 24.3 Å². The zero-order valence-electron chi connectivity index (χ0n) is 10.5. The topological polar surface area (TPSA) is 29.5 Å². The molecule has 0 bridgehead atoms. The molecule has 0 unspecified atom stereocenters. The van der Waals surface area contributed by atoms with Crippen LogP contribution in [0.2, 0.25) is 0 Å². The van der Waals surface area contributed by atoms with Crippen molar-refractivity contribution in [2.45, 2.75) is 13.8 Å². The van der Waals surface area contributed by atoms with E-state index < -0.39 is 0 Å². The molecule has 2 aromatic carbocycles. The summed E-state index contributed by atoms with van der Waals surface area (Å²) in [7, 11) is 1.64. The quantitative estimate of drug-likeness (QED) is 0.791. The van der Waals surface area contributed by atoms with Crippen LogP contribution in [0, 0.1) is 0 Å². The number of ether oxygens (including phenoxy) is 1. The number of anilines is 1. The fourth-order valence-electron chi connectivity index (χ4n) is 2.03. The van der Waals surface area contributed by atoms with Crippen LogP contribution in [0.25, 0.3) is 11.1 Å². The first kappa shape index (κ1) is 11.7. The third-order valence-electron chi connectivity index (χ3n) is 3.07. The Morgan fingerprint density at radius 3 is 2.18 bits per heavy atom. The van der Waals surface area contributed by atoms with Gasteiger partial charge in [-0.15, -0.1) is 0 Å². The Morgan fingerprint density at radius 1 is 1.12 bits per heavy atom. The Morgan fingerprint density at radius 2 is 1.71 bits per heavy atom. The lowest BCUT2D eigenvalue weighted by Crippen LogP contribution is -2.20. The normalized spacial score (nSPS) is 10.8. The summed E-state index contributed by atoms with van der Waals surface area (Å²) in [6.07, 6.45) is 0. The van der Waals surface area contributed by atoms with E-state index in [4.69, 9.17) is 4.74 Å². The molecule has 2 rings (SSSR count). The van der Waals surface area contributed by atoms with Crippen LogP contribution >= 0.6 is 0 Å². The second-order valence-corrected chi connectivity index (χ2v) is 3.95. The molecule has 17 heavy (non-hydrogen) atoms. The predicted molar refractivity (Wildman–Crippen MR) is 70.6 cm³/mol. The number of rotatable bonds is 5. The summed E-state index contributed by atoms with van der Waals surface area (Å²) < 4.78 is 5.10. The minimum absolute atomic E-state index is 0.180. The Labute approximate surface area is 101 Å². The maximum Gasteiger partial charge on any atom is 0.212 e. The lowest BCUT2D eigenvalue weighted by atomic mass is 10.2. The highest BCUT2D eigenvalue weighted by Gasteiger charge is 2.27. The van der Waals surface area contributed by atoms with Gasteiger partial charge in [-0.1, -0.05) is 12.1 Å². The van der Waals surface area contributed by atoms with Crippen LogP contribution in [0.1, 0.15) is 13.8 Å². The molecule has 0 spiro atoms. The summed E-state index contributed by atoms with van der Waals surface area (Å²) in [6.45, 7) is 5.87.